The zero-order valence-electron chi connectivity index (χ0n) is 18.7. The van der Waals surface area contributed by atoms with Gasteiger partial charge in [0.1, 0.15) is 18.1 Å². The van der Waals surface area contributed by atoms with Crippen molar-refractivity contribution in [3.8, 4) is 40.6 Å². The van der Waals surface area contributed by atoms with Gasteiger partial charge in [-0.25, -0.2) is 4.98 Å². The van der Waals surface area contributed by atoms with E-state index in [0.29, 0.717) is 5.75 Å². The van der Waals surface area contributed by atoms with Crippen molar-refractivity contribution in [2.45, 2.75) is 11.9 Å². The van der Waals surface area contributed by atoms with Crippen molar-refractivity contribution in [1.29, 1.82) is 0 Å². The Morgan fingerprint density at radius 2 is 1.83 bits per heavy atom. The van der Waals surface area contributed by atoms with Crippen LogP contribution in [0.15, 0.2) is 70.4 Å². The summed E-state index contributed by atoms with van der Waals surface area (Å²) in [6, 6.07) is 12.6. The highest BCUT2D eigenvalue weighted by Gasteiger charge is 2.28. The summed E-state index contributed by atoms with van der Waals surface area (Å²) in [5.41, 5.74) is 0.771. The molecule has 0 bridgehead atoms. The molecule has 0 fully saturated rings. The van der Waals surface area contributed by atoms with Crippen LogP contribution in [-0.2, 0) is 10.1 Å². The van der Waals surface area contributed by atoms with Gasteiger partial charge in [0.05, 0.1) is 20.0 Å². The van der Waals surface area contributed by atoms with Crippen LogP contribution in [0, 0.1) is 6.92 Å². The summed E-state index contributed by atoms with van der Waals surface area (Å²) in [5, 5.41) is 8.95. The van der Waals surface area contributed by atoms with Gasteiger partial charge in [0, 0.05) is 12.3 Å². The van der Waals surface area contributed by atoms with Crippen molar-refractivity contribution in [3.05, 3.63) is 66.6 Å². The predicted octanol–water partition coefficient (Wildman–Crippen LogP) is 3.38. The Morgan fingerprint density at radius 3 is 2.51 bits per heavy atom. The first-order chi connectivity index (χ1) is 16.9. The van der Waals surface area contributed by atoms with Crippen LogP contribution in [0.25, 0.3) is 11.6 Å². The molecule has 0 aliphatic rings. The molecule has 0 aliphatic carbocycles. The molecule has 1 N–H and O–H groups in total. The largest absolute Gasteiger partial charge is 0.497 e. The number of furan rings is 1. The van der Waals surface area contributed by atoms with E-state index in [0.717, 1.165) is 5.56 Å². The van der Waals surface area contributed by atoms with Crippen LogP contribution in [0.3, 0.4) is 0 Å². The molecule has 0 saturated heterocycles. The van der Waals surface area contributed by atoms with Crippen molar-refractivity contribution in [2.24, 2.45) is 0 Å². The summed E-state index contributed by atoms with van der Waals surface area (Å²) >= 11 is 0. The monoisotopic (exact) mass is 499 g/mol. The van der Waals surface area contributed by atoms with Gasteiger partial charge in [-0.3, -0.25) is 0 Å². The lowest BCUT2D eigenvalue weighted by atomic mass is 10.3. The molecule has 11 nitrogen and oxygen atoms in total. The molecule has 3 heterocycles. The first-order valence-corrected chi connectivity index (χ1v) is 11.7. The fourth-order valence-electron chi connectivity index (χ4n) is 2.84. The fourth-order valence-corrected chi connectivity index (χ4v) is 3.66. The zero-order valence-corrected chi connectivity index (χ0v) is 19.6. The van der Waals surface area contributed by atoms with E-state index in [9.17, 15) is 13.5 Å². The number of pyridine rings is 1. The molecular formula is C23H21N3O8S. The average molecular weight is 500 g/mol. The van der Waals surface area contributed by atoms with E-state index in [4.69, 9.17) is 22.8 Å². The van der Waals surface area contributed by atoms with E-state index in [1.54, 1.807) is 49.4 Å². The smallest absolute Gasteiger partial charge is 0.358 e. The summed E-state index contributed by atoms with van der Waals surface area (Å²) in [6.07, 6.45) is 2.80. The number of rotatable bonds is 10. The Kier molecular flexibility index (Phi) is 7.13. The lowest BCUT2D eigenvalue weighted by Crippen LogP contribution is -2.14. The minimum atomic E-state index is -4.42. The number of aromatic nitrogens is 3. The second-order valence-corrected chi connectivity index (χ2v) is 8.52. The van der Waals surface area contributed by atoms with Crippen LogP contribution >= 0.6 is 0 Å². The number of benzene rings is 1. The van der Waals surface area contributed by atoms with E-state index in [1.165, 1.54) is 25.6 Å². The first kappa shape index (κ1) is 24.0. The molecule has 35 heavy (non-hydrogen) atoms. The minimum absolute atomic E-state index is 0.0250. The Hall–Kier alpha value is -4.16. The van der Waals surface area contributed by atoms with Gasteiger partial charge >= 0.3 is 10.1 Å². The van der Waals surface area contributed by atoms with Crippen molar-refractivity contribution in [1.82, 2.24) is 15.0 Å². The van der Waals surface area contributed by atoms with Gasteiger partial charge in [0.25, 0.3) is 17.5 Å². The predicted molar refractivity (Wildman–Crippen MR) is 122 cm³/mol. The van der Waals surface area contributed by atoms with Crippen LogP contribution < -0.4 is 18.4 Å². The summed E-state index contributed by atoms with van der Waals surface area (Å²) in [6.45, 7) is 1.28. The first-order valence-electron chi connectivity index (χ1n) is 10.3. The molecule has 182 valence electrons. The molecule has 1 aromatic carbocycles. The molecule has 3 aromatic heterocycles. The lowest BCUT2D eigenvalue weighted by Gasteiger charge is -2.16. The summed E-state index contributed by atoms with van der Waals surface area (Å²) in [4.78, 5) is 12.4. The van der Waals surface area contributed by atoms with Crippen molar-refractivity contribution in [2.75, 3.05) is 20.3 Å². The van der Waals surface area contributed by atoms with E-state index in [1.807, 2.05) is 0 Å². The number of aryl methyl sites for hydroxylation is 1. The second kappa shape index (κ2) is 10.4. The standard InChI is InChI=1S/C23H21N3O8S/c1-15-8-9-19(24-14-15)35(28,29)34-23-20(33-17-6-3-5-16(13-17)30-2)22(32-12-10-27)25-21(26-23)18-7-4-11-31-18/h3-9,11,13-14,27H,10,12H2,1-2H3. The molecule has 0 aliphatic heterocycles. The molecule has 4 rings (SSSR count). The highest BCUT2D eigenvalue weighted by molar-refractivity contribution is 7.87. The average Bonchev–Trinajstić information content (AvgIpc) is 3.39. The van der Waals surface area contributed by atoms with Gasteiger partial charge in [0.15, 0.2) is 10.8 Å². The van der Waals surface area contributed by atoms with E-state index >= 15 is 0 Å². The van der Waals surface area contributed by atoms with Gasteiger partial charge in [-0.2, -0.15) is 18.4 Å². The second-order valence-electron chi connectivity index (χ2n) is 7.03. The van der Waals surface area contributed by atoms with Crippen LogP contribution in [-0.4, -0.2) is 48.8 Å². The quantitative estimate of drug-likeness (QED) is 0.321. The van der Waals surface area contributed by atoms with Crippen LogP contribution in [0.1, 0.15) is 5.56 Å². The Balaban J connectivity index is 1.84. The SMILES string of the molecule is COc1cccc(Oc2c(OCCO)nc(-c3ccco3)nc2OS(=O)(=O)c2ccc(C)cn2)c1. The van der Waals surface area contributed by atoms with E-state index in [2.05, 4.69) is 15.0 Å². The van der Waals surface area contributed by atoms with Crippen LogP contribution in [0.4, 0.5) is 0 Å². The lowest BCUT2D eigenvalue weighted by molar-refractivity contribution is 0.191. The molecule has 0 amide bonds. The third-order valence-electron chi connectivity index (χ3n) is 4.47. The van der Waals surface area contributed by atoms with E-state index < -0.39 is 16.0 Å². The third kappa shape index (κ3) is 5.67. The number of hydrogen-bond acceptors (Lipinski definition) is 11. The molecule has 0 atom stereocenters. The Labute approximate surface area is 201 Å². The zero-order chi connectivity index (χ0) is 24.8. The molecule has 0 spiro atoms. The molecule has 4 aromatic rings. The highest BCUT2D eigenvalue weighted by atomic mass is 32.2. The van der Waals surface area contributed by atoms with Crippen molar-refractivity contribution >= 4 is 10.1 Å². The van der Waals surface area contributed by atoms with Gasteiger partial charge in [-0.05, 0) is 42.8 Å². The maximum absolute atomic E-state index is 13.0. The summed E-state index contributed by atoms with van der Waals surface area (Å²) in [5.74, 6) is 0.0775. The molecule has 0 saturated carbocycles. The van der Waals surface area contributed by atoms with Gasteiger partial charge in [-0.15, -0.1) is 0 Å². The Bertz CT molecular complexity index is 1390. The molecule has 0 unspecified atom stereocenters. The molecule has 0 radical (unpaired) electrons. The van der Waals surface area contributed by atoms with Gasteiger partial charge < -0.3 is 27.9 Å². The van der Waals surface area contributed by atoms with Crippen LogP contribution in [0.2, 0.25) is 0 Å². The normalized spacial score (nSPS) is 11.2. The van der Waals surface area contributed by atoms with Crippen molar-refractivity contribution in [3.63, 3.8) is 0 Å². The number of aliphatic hydroxyl groups is 1. The number of ether oxygens (including phenoxy) is 3. The van der Waals surface area contributed by atoms with Gasteiger partial charge in [-0.1, -0.05) is 12.1 Å². The number of nitrogens with zero attached hydrogens (tertiary/aromatic N) is 3. The highest BCUT2D eigenvalue weighted by Crippen LogP contribution is 2.41. The van der Waals surface area contributed by atoms with Crippen LogP contribution in [0.5, 0.6) is 29.0 Å². The fraction of sp³-hybridized carbons (Fsp3) is 0.174. The maximum atomic E-state index is 13.0. The number of methoxy groups -OCH3 is 1. The summed E-state index contributed by atoms with van der Waals surface area (Å²) in [7, 11) is -2.93. The number of hydrogen-bond donors (Lipinski definition) is 1. The van der Waals surface area contributed by atoms with Gasteiger partial charge in [0.2, 0.25) is 5.82 Å². The summed E-state index contributed by atoms with van der Waals surface area (Å²) < 4.78 is 53.4. The minimum Gasteiger partial charge on any atom is -0.497 e. The molecular weight excluding hydrogens is 478 g/mol. The van der Waals surface area contributed by atoms with E-state index in [-0.39, 0.29) is 47.2 Å². The third-order valence-corrected chi connectivity index (χ3v) is 5.60. The number of aliphatic hydroxyl groups excluding tert-OH is 1. The molecule has 12 heteroatoms. The van der Waals surface area contributed by atoms with Crippen molar-refractivity contribution < 1.29 is 36.3 Å². The maximum Gasteiger partial charge on any atom is 0.358 e. The Morgan fingerprint density at radius 1 is 1.03 bits per heavy atom. The topological polar surface area (TPSA) is 143 Å².